The van der Waals surface area contributed by atoms with Gasteiger partial charge >= 0.3 is 0 Å². The number of hydrogen-bond donors (Lipinski definition) is 1. The van der Waals surface area contributed by atoms with Gasteiger partial charge in [0.25, 0.3) is 0 Å². The fourth-order valence-corrected chi connectivity index (χ4v) is 3.28. The smallest absolute Gasteiger partial charge is 0.137 e. The van der Waals surface area contributed by atoms with E-state index in [0.717, 1.165) is 22.5 Å². The van der Waals surface area contributed by atoms with Crippen LogP contribution in [0.3, 0.4) is 0 Å². The maximum absolute atomic E-state index is 6.13. The number of fused-ring (bicyclic) bond motifs is 1. The third kappa shape index (κ3) is 2.01. The molecular formula is C12H9Cl2N3S. The second-order valence-electron chi connectivity index (χ2n) is 3.87. The molecule has 0 fully saturated rings. The molecule has 0 amide bonds. The van der Waals surface area contributed by atoms with Gasteiger partial charge in [0.1, 0.15) is 9.98 Å². The largest absolute Gasteiger partial charge is 0.326 e. The number of halogens is 2. The monoisotopic (exact) mass is 297 g/mol. The fourth-order valence-electron chi connectivity index (χ4n) is 1.80. The Morgan fingerprint density at radius 2 is 2.11 bits per heavy atom. The molecule has 3 aromatic rings. The number of pyridine rings is 1. The van der Waals surface area contributed by atoms with Crippen LogP contribution in [0.25, 0.3) is 16.9 Å². The molecule has 0 atom stereocenters. The van der Waals surface area contributed by atoms with E-state index >= 15 is 0 Å². The number of imidazole rings is 1. The Bertz CT molecular complexity index is 717. The Kier molecular flexibility index (Phi) is 3.03. The highest BCUT2D eigenvalue weighted by Gasteiger charge is 2.11. The van der Waals surface area contributed by atoms with E-state index in [1.165, 1.54) is 11.3 Å². The van der Waals surface area contributed by atoms with Crippen LogP contribution < -0.4 is 5.73 Å². The van der Waals surface area contributed by atoms with Crippen LogP contribution in [-0.4, -0.2) is 9.38 Å². The topological polar surface area (TPSA) is 43.3 Å². The molecular weight excluding hydrogens is 289 g/mol. The minimum absolute atomic E-state index is 0.508. The van der Waals surface area contributed by atoms with E-state index in [-0.39, 0.29) is 0 Å². The lowest BCUT2D eigenvalue weighted by molar-refractivity contribution is 1.03. The van der Waals surface area contributed by atoms with Gasteiger partial charge in [-0.15, -0.1) is 11.3 Å². The predicted molar refractivity (Wildman–Crippen MR) is 76.4 cm³/mol. The quantitative estimate of drug-likeness (QED) is 0.781. The summed E-state index contributed by atoms with van der Waals surface area (Å²) in [6.45, 7) is 0.508. The maximum atomic E-state index is 6.13. The number of thiophene rings is 1. The lowest BCUT2D eigenvalue weighted by Gasteiger charge is -1.96. The van der Waals surface area contributed by atoms with Crippen LogP contribution in [0.5, 0.6) is 0 Å². The Balaban J connectivity index is 2.16. The number of nitrogens with two attached hydrogens (primary N) is 1. The van der Waals surface area contributed by atoms with Gasteiger partial charge in [-0.05, 0) is 17.7 Å². The molecule has 0 saturated heterocycles. The van der Waals surface area contributed by atoms with E-state index in [2.05, 4.69) is 4.98 Å². The summed E-state index contributed by atoms with van der Waals surface area (Å²) in [6, 6.07) is 5.74. The molecule has 0 bridgehead atoms. The highest BCUT2D eigenvalue weighted by Crippen LogP contribution is 2.37. The van der Waals surface area contributed by atoms with Crippen molar-refractivity contribution in [3.8, 4) is 11.3 Å². The SMILES string of the molecule is NCc1ccc2nc(-c3cc(Cl)sc3Cl)cn2c1. The molecule has 0 unspecified atom stereocenters. The van der Waals surface area contributed by atoms with Gasteiger partial charge in [-0.2, -0.15) is 0 Å². The van der Waals surface area contributed by atoms with Crippen molar-refractivity contribution in [3.63, 3.8) is 0 Å². The van der Waals surface area contributed by atoms with Crippen molar-refractivity contribution in [2.24, 2.45) is 5.73 Å². The minimum atomic E-state index is 0.508. The standard InChI is InChI=1S/C12H9Cl2N3S/c13-10-3-8(12(14)18-10)9-6-17-5-7(4-15)1-2-11(17)16-9/h1-3,5-6H,4,15H2. The van der Waals surface area contributed by atoms with Crippen LogP contribution >= 0.6 is 34.5 Å². The third-order valence-corrected chi connectivity index (χ3v) is 4.17. The van der Waals surface area contributed by atoms with E-state index < -0.39 is 0 Å². The second-order valence-corrected chi connectivity index (χ2v) is 6.16. The van der Waals surface area contributed by atoms with E-state index in [9.17, 15) is 0 Å². The third-order valence-electron chi connectivity index (χ3n) is 2.68. The van der Waals surface area contributed by atoms with Crippen molar-refractivity contribution in [1.29, 1.82) is 0 Å². The zero-order valence-corrected chi connectivity index (χ0v) is 11.6. The zero-order valence-electron chi connectivity index (χ0n) is 9.23. The number of nitrogens with zero attached hydrogens (tertiary/aromatic N) is 2. The van der Waals surface area contributed by atoms with Crippen LogP contribution in [-0.2, 0) is 6.54 Å². The minimum Gasteiger partial charge on any atom is -0.326 e. The molecule has 18 heavy (non-hydrogen) atoms. The Morgan fingerprint density at radius 3 is 2.78 bits per heavy atom. The zero-order chi connectivity index (χ0) is 12.7. The van der Waals surface area contributed by atoms with Gasteiger partial charge < -0.3 is 10.1 Å². The predicted octanol–water partition coefficient (Wildman–Crippen LogP) is 3.83. The van der Waals surface area contributed by atoms with Gasteiger partial charge in [-0.3, -0.25) is 0 Å². The molecule has 3 rings (SSSR count). The van der Waals surface area contributed by atoms with Crippen molar-refractivity contribution < 1.29 is 0 Å². The summed E-state index contributed by atoms with van der Waals surface area (Å²) >= 11 is 13.4. The molecule has 3 aromatic heterocycles. The molecule has 0 radical (unpaired) electrons. The Hall–Kier alpha value is -1.07. The molecule has 2 N–H and O–H groups in total. The van der Waals surface area contributed by atoms with Gasteiger partial charge in [0.05, 0.1) is 10.0 Å². The van der Waals surface area contributed by atoms with Crippen molar-refractivity contribution in [1.82, 2.24) is 9.38 Å². The molecule has 3 nitrogen and oxygen atoms in total. The van der Waals surface area contributed by atoms with Crippen LogP contribution in [0.1, 0.15) is 5.56 Å². The number of rotatable bonds is 2. The average Bonchev–Trinajstić information content (AvgIpc) is 2.90. The first-order chi connectivity index (χ1) is 8.67. The second kappa shape index (κ2) is 4.55. The van der Waals surface area contributed by atoms with Gasteiger partial charge in [0, 0.05) is 24.5 Å². The van der Waals surface area contributed by atoms with E-state index in [0.29, 0.717) is 15.2 Å². The summed E-state index contributed by atoms with van der Waals surface area (Å²) < 4.78 is 3.26. The first-order valence-corrected chi connectivity index (χ1v) is 6.87. The molecule has 0 spiro atoms. The summed E-state index contributed by atoms with van der Waals surface area (Å²) in [4.78, 5) is 4.52. The first-order valence-electron chi connectivity index (χ1n) is 5.30. The normalized spacial score (nSPS) is 11.3. The summed E-state index contributed by atoms with van der Waals surface area (Å²) in [5.74, 6) is 0. The maximum Gasteiger partial charge on any atom is 0.137 e. The highest BCUT2D eigenvalue weighted by molar-refractivity contribution is 7.20. The van der Waals surface area contributed by atoms with Crippen LogP contribution in [0.2, 0.25) is 8.67 Å². The van der Waals surface area contributed by atoms with E-state index in [4.69, 9.17) is 28.9 Å². The van der Waals surface area contributed by atoms with E-state index in [1.54, 1.807) is 0 Å². The van der Waals surface area contributed by atoms with Gasteiger partial charge in [0.15, 0.2) is 0 Å². The van der Waals surface area contributed by atoms with Gasteiger partial charge in [0.2, 0.25) is 0 Å². The van der Waals surface area contributed by atoms with Crippen LogP contribution in [0.4, 0.5) is 0 Å². The Morgan fingerprint density at radius 1 is 1.28 bits per heavy atom. The van der Waals surface area contributed by atoms with Crippen molar-refractivity contribution in [2.75, 3.05) is 0 Å². The summed E-state index contributed by atoms with van der Waals surface area (Å²) in [6.07, 6.45) is 3.90. The van der Waals surface area contributed by atoms with Crippen LogP contribution in [0.15, 0.2) is 30.6 Å². The van der Waals surface area contributed by atoms with Gasteiger partial charge in [-0.1, -0.05) is 29.3 Å². The van der Waals surface area contributed by atoms with Crippen molar-refractivity contribution >= 4 is 40.2 Å². The molecule has 0 saturated carbocycles. The first kappa shape index (κ1) is 12.0. The van der Waals surface area contributed by atoms with E-state index in [1.807, 2.05) is 35.0 Å². The summed E-state index contributed by atoms with van der Waals surface area (Å²) in [5, 5.41) is 0. The summed E-state index contributed by atoms with van der Waals surface area (Å²) in [5.41, 5.74) is 9.22. The lowest BCUT2D eigenvalue weighted by Crippen LogP contribution is -1.97. The Labute approximate surface area is 118 Å². The summed E-state index contributed by atoms with van der Waals surface area (Å²) in [7, 11) is 0. The molecule has 6 heteroatoms. The van der Waals surface area contributed by atoms with Crippen molar-refractivity contribution in [2.45, 2.75) is 6.54 Å². The molecule has 92 valence electrons. The van der Waals surface area contributed by atoms with Gasteiger partial charge in [-0.25, -0.2) is 4.98 Å². The average molecular weight is 298 g/mol. The van der Waals surface area contributed by atoms with Crippen LogP contribution in [0, 0.1) is 0 Å². The molecule has 0 aliphatic rings. The molecule has 0 aromatic carbocycles. The fraction of sp³-hybridized carbons (Fsp3) is 0.0833. The molecule has 3 heterocycles. The number of hydrogen-bond acceptors (Lipinski definition) is 3. The number of aromatic nitrogens is 2. The lowest BCUT2D eigenvalue weighted by atomic mass is 10.3. The highest BCUT2D eigenvalue weighted by atomic mass is 35.5. The molecule has 0 aliphatic heterocycles. The molecule has 0 aliphatic carbocycles. The van der Waals surface area contributed by atoms with Crippen molar-refractivity contribution in [3.05, 3.63) is 44.8 Å².